The van der Waals surface area contributed by atoms with Crippen molar-refractivity contribution in [2.45, 2.75) is 20.0 Å². The lowest BCUT2D eigenvalue weighted by atomic mass is 10.1. The van der Waals surface area contributed by atoms with Crippen molar-refractivity contribution in [1.82, 2.24) is 19.8 Å². The van der Waals surface area contributed by atoms with E-state index < -0.39 is 0 Å². The summed E-state index contributed by atoms with van der Waals surface area (Å²) in [5.74, 6) is -0.0931. The van der Waals surface area contributed by atoms with Gasteiger partial charge < -0.3 is 4.57 Å². The summed E-state index contributed by atoms with van der Waals surface area (Å²) in [6, 6.07) is 22.7. The molecule has 0 radical (unpaired) electrons. The van der Waals surface area contributed by atoms with Crippen LogP contribution in [0.2, 0.25) is 5.02 Å². The summed E-state index contributed by atoms with van der Waals surface area (Å²) >= 11 is 6.29. The van der Waals surface area contributed by atoms with Gasteiger partial charge in [-0.2, -0.15) is 5.10 Å². The number of aryl methyl sites for hydroxylation is 1. The van der Waals surface area contributed by atoms with Crippen molar-refractivity contribution in [2.24, 2.45) is 5.10 Å². The van der Waals surface area contributed by atoms with Gasteiger partial charge in [-0.3, -0.25) is 14.6 Å². The summed E-state index contributed by atoms with van der Waals surface area (Å²) in [5, 5.41) is 7.46. The maximum absolute atomic E-state index is 12.4. The molecule has 1 saturated heterocycles. The van der Waals surface area contributed by atoms with Gasteiger partial charge in [0, 0.05) is 66.1 Å². The van der Waals surface area contributed by atoms with Gasteiger partial charge in [0.25, 0.3) is 5.91 Å². The van der Waals surface area contributed by atoms with E-state index in [1.54, 1.807) is 6.21 Å². The van der Waals surface area contributed by atoms with Crippen molar-refractivity contribution in [2.75, 3.05) is 32.7 Å². The first-order chi connectivity index (χ1) is 17.1. The van der Waals surface area contributed by atoms with Crippen molar-refractivity contribution >= 4 is 45.5 Å². The van der Waals surface area contributed by atoms with Gasteiger partial charge in [-0.25, -0.2) is 5.43 Å². The average molecular weight is 488 g/mol. The molecule has 0 saturated carbocycles. The number of rotatable bonds is 7. The monoisotopic (exact) mass is 487 g/mol. The number of nitrogens with one attached hydrogen (secondary N) is 1. The molecule has 3 aromatic carbocycles. The van der Waals surface area contributed by atoms with E-state index in [4.69, 9.17) is 11.6 Å². The fraction of sp³-hybridized carbons (Fsp3) is 0.286. The van der Waals surface area contributed by atoms with Crippen molar-refractivity contribution in [1.29, 1.82) is 0 Å². The van der Waals surface area contributed by atoms with E-state index in [-0.39, 0.29) is 5.91 Å². The molecule has 2 heterocycles. The zero-order chi connectivity index (χ0) is 24.2. The smallest absolute Gasteiger partial charge is 0.254 e. The van der Waals surface area contributed by atoms with Crippen LogP contribution in [0, 0.1) is 0 Å². The highest BCUT2D eigenvalue weighted by atomic mass is 35.5. The number of hydrazone groups is 1. The van der Waals surface area contributed by atoms with Gasteiger partial charge in [0.15, 0.2) is 0 Å². The van der Waals surface area contributed by atoms with Gasteiger partial charge >= 0.3 is 0 Å². The maximum atomic E-state index is 12.4. The minimum absolute atomic E-state index is 0.0931. The fourth-order valence-electron chi connectivity index (χ4n) is 4.88. The SMILES string of the molecule is CCn1c2ccccc2c2cc(C=NNC(=O)CN3CCN(Cc4ccccc4Cl)CC3)ccc21. The van der Waals surface area contributed by atoms with Crippen molar-refractivity contribution in [3.63, 3.8) is 0 Å². The second kappa shape index (κ2) is 10.6. The third-order valence-corrected chi connectivity index (χ3v) is 7.07. The molecule has 5 rings (SSSR count). The van der Waals surface area contributed by atoms with E-state index in [1.165, 1.54) is 21.8 Å². The number of carbonyl (C=O) groups is 1. The van der Waals surface area contributed by atoms with E-state index in [0.29, 0.717) is 6.54 Å². The molecule has 0 spiro atoms. The number of hydrogen-bond donors (Lipinski definition) is 1. The number of amides is 1. The van der Waals surface area contributed by atoms with Gasteiger partial charge in [-0.05, 0) is 42.3 Å². The van der Waals surface area contributed by atoms with Gasteiger partial charge in [0.2, 0.25) is 0 Å². The van der Waals surface area contributed by atoms with Crippen molar-refractivity contribution < 1.29 is 4.79 Å². The van der Waals surface area contributed by atoms with Crippen LogP contribution in [0.3, 0.4) is 0 Å². The number of fused-ring (bicyclic) bond motifs is 3. The summed E-state index contributed by atoms with van der Waals surface area (Å²) in [6.45, 7) is 7.78. The molecule has 180 valence electrons. The zero-order valence-corrected chi connectivity index (χ0v) is 20.7. The molecular weight excluding hydrogens is 458 g/mol. The van der Waals surface area contributed by atoms with Gasteiger partial charge in [0.1, 0.15) is 0 Å². The molecular formula is C28H30ClN5O. The van der Waals surface area contributed by atoms with Crippen LogP contribution >= 0.6 is 11.6 Å². The molecule has 7 heteroatoms. The predicted molar refractivity (Wildman–Crippen MR) is 144 cm³/mol. The van der Waals surface area contributed by atoms with Crippen LogP contribution in [0.5, 0.6) is 0 Å². The fourth-order valence-corrected chi connectivity index (χ4v) is 5.08. The molecule has 6 nitrogen and oxygen atoms in total. The summed E-state index contributed by atoms with van der Waals surface area (Å²) in [5.41, 5.74) is 7.25. The molecule has 1 aliphatic heterocycles. The topological polar surface area (TPSA) is 52.9 Å². The Morgan fingerprint density at radius 3 is 2.46 bits per heavy atom. The Labute approximate surface area is 210 Å². The molecule has 1 aromatic heterocycles. The summed E-state index contributed by atoms with van der Waals surface area (Å²) in [4.78, 5) is 17.0. The Hall–Kier alpha value is -3.19. The normalized spacial score (nSPS) is 15.4. The molecule has 1 aliphatic rings. The minimum atomic E-state index is -0.0931. The molecule has 4 aromatic rings. The van der Waals surface area contributed by atoms with Crippen LogP contribution in [0.15, 0.2) is 71.8 Å². The standard InChI is InChI=1S/C28H30ClN5O/c1-2-34-26-10-6-4-8-23(26)24-17-21(11-12-27(24)34)18-30-31-28(35)20-33-15-13-32(14-16-33)19-22-7-3-5-9-25(22)29/h3-12,17-18H,2,13-16,19-20H2,1H3,(H,31,35). The van der Waals surface area contributed by atoms with Crippen LogP contribution in [0.4, 0.5) is 0 Å². The van der Waals surface area contributed by atoms with Crippen LogP contribution in [-0.2, 0) is 17.9 Å². The van der Waals surface area contributed by atoms with E-state index >= 15 is 0 Å². The predicted octanol–water partition coefficient (Wildman–Crippen LogP) is 4.74. The summed E-state index contributed by atoms with van der Waals surface area (Å²) < 4.78 is 2.32. The molecule has 1 fully saturated rings. The number of aromatic nitrogens is 1. The van der Waals surface area contributed by atoms with Crippen LogP contribution in [0.1, 0.15) is 18.1 Å². The lowest BCUT2D eigenvalue weighted by Crippen LogP contribution is -2.48. The number of benzene rings is 3. The number of halogens is 1. The van der Waals surface area contributed by atoms with Crippen LogP contribution < -0.4 is 5.43 Å². The Balaban J connectivity index is 1.14. The summed E-state index contributed by atoms with van der Waals surface area (Å²) in [7, 11) is 0. The molecule has 0 atom stereocenters. The molecule has 1 amide bonds. The highest BCUT2D eigenvalue weighted by Gasteiger charge is 2.19. The molecule has 0 unspecified atom stereocenters. The van der Waals surface area contributed by atoms with Crippen molar-refractivity contribution in [3.05, 3.63) is 82.9 Å². The third-order valence-electron chi connectivity index (χ3n) is 6.70. The van der Waals surface area contributed by atoms with E-state index in [1.807, 2.05) is 24.3 Å². The molecule has 1 N–H and O–H groups in total. The highest BCUT2D eigenvalue weighted by molar-refractivity contribution is 6.31. The number of piperazine rings is 1. The Morgan fingerprint density at radius 2 is 1.66 bits per heavy atom. The first-order valence-corrected chi connectivity index (χ1v) is 12.5. The van der Waals surface area contributed by atoms with Gasteiger partial charge in [-0.15, -0.1) is 0 Å². The van der Waals surface area contributed by atoms with Crippen LogP contribution in [-0.4, -0.2) is 59.2 Å². The number of nitrogens with zero attached hydrogens (tertiary/aromatic N) is 4. The first-order valence-electron chi connectivity index (χ1n) is 12.1. The molecule has 35 heavy (non-hydrogen) atoms. The second-order valence-electron chi connectivity index (χ2n) is 8.97. The molecule has 0 bridgehead atoms. The van der Waals surface area contributed by atoms with E-state index in [2.05, 4.69) is 74.3 Å². The number of carbonyl (C=O) groups excluding carboxylic acids is 1. The first kappa shape index (κ1) is 23.5. The highest BCUT2D eigenvalue weighted by Crippen LogP contribution is 2.29. The molecule has 0 aliphatic carbocycles. The Kier molecular flexibility index (Phi) is 7.13. The second-order valence-corrected chi connectivity index (χ2v) is 9.38. The quantitative estimate of drug-likeness (QED) is 0.303. The maximum Gasteiger partial charge on any atom is 0.254 e. The van der Waals surface area contributed by atoms with Gasteiger partial charge in [-0.1, -0.05) is 54.1 Å². The lowest BCUT2D eigenvalue weighted by molar-refractivity contribution is -0.122. The Morgan fingerprint density at radius 1 is 0.943 bits per heavy atom. The summed E-state index contributed by atoms with van der Waals surface area (Å²) in [6.07, 6.45) is 1.72. The average Bonchev–Trinajstić information content (AvgIpc) is 3.19. The minimum Gasteiger partial charge on any atom is -0.341 e. The lowest BCUT2D eigenvalue weighted by Gasteiger charge is -2.34. The number of para-hydroxylation sites is 1. The van der Waals surface area contributed by atoms with E-state index in [9.17, 15) is 4.79 Å². The number of hydrogen-bond acceptors (Lipinski definition) is 4. The third kappa shape index (κ3) is 5.25. The largest absolute Gasteiger partial charge is 0.341 e. The van der Waals surface area contributed by atoms with Gasteiger partial charge in [0.05, 0.1) is 12.8 Å². The van der Waals surface area contributed by atoms with E-state index in [0.717, 1.165) is 55.4 Å². The Bertz CT molecular complexity index is 1370. The zero-order valence-electron chi connectivity index (χ0n) is 20.0. The van der Waals surface area contributed by atoms with Crippen LogP contribution in [0.25, 0.3) is 21.8 Å². The van der Waals surface area contributed by atoms with Crippen molar-refractivity contribution in [3.8, 4) is 0 Å².